The van der Waals surface area contributed by atoms with Crippen LogP contribution < -0.4 is 5.32 Å². The average molecular weight is 163 g/mol. The normalized spacial score (nSPS) is 33.3. The summed E-state index contributed by atoms with van der Waals surface area (Å²) >= 11 is 0. The van der Waals surface area contributed by atoms with Gasteiger partial charge in [-0.2, -0.15) is 0 Å². The molecule has 0 aromatic heterocycles. The lowest BCUT2D eigenvalue weighted by atomic mass is 9.87. The van der Waals surface area contributed by atoms with E-state index in [0.29, 0.717) is 6.42 Å². The zero-order chi connectivity index (χ0) is 7.95. The Morgan fingerprint density at radius 1 is 1.18 bits per heavy atom. The Bertz CT molecular complexity index is 156. The third-order valence-corrected chi connectivity index (χ3v) is 2.43. The molecule has 2 heterocycles. The molecule has 2 nitrogen and oxygen atoms in total. The van der Waals surface area contributed by atoms with E-state index in [1.165, 1.54) is 0 Å². The van der Waals surface area contributed by atoms with Crippen molar-refractivity contribution in [1.82, 2.24) is 5.32 Å². The van der Waals surface area contributed by atoms with Crippen LogP contribution >= 0.6 is 0 Å². The largest absolute Gasteiger partial charge is 0.366 e. The van der Waals surface area contributed by atoms with Gasteiger partial charge in [-0.3, -0.25) is 0 Å². The minimum atomic E-state index is -2.58. The predicted molar refractivity (Wildman–Crippen MR) is 35.7 cm³/mol. The molecule has 0 amide bonds. The van der Waals surface area contributed by atoms with Crippen molar-refractivity contribution in [2.45, 2.75) is 24.4 Å². The quantitative estimate of drug-likeness (QED) is 0.569. The van der Waals surface area contributed by atoms with E-state index < -0.39 is 12.5 Å². The Morgan fingerprint density at radius 2 is 1.91 bits per heavy atom. The maximum Gasteiger partial charge on any atom is 0.271 e. The molecule has 1 N–H and O–H groups in total. The van der Waals surface area contributed by atoms with Crippen LogP contribution in [0.4, 0.5) is 8.78 Å². The van der Waals surface area contributed by atoms with Gasteiger partial charge in [-0.05, 0) is 6.42 Å². The molecule has 0 bridgehead atoms. The molecule has 2 aliphatic rings. The summed E-state index contributed by atoms with van der Waals surface area (Å²) in [6.45, 7) is 1.08. The molecule has 0 aromatic carbocycles. The molecule has 2 rings (SSSR count). The fourth-order valence-corrected chi connectivity index (χ4v) is 1.50. The maximum atomic E-state index is 12.6. The molecule has 2 aliphatic heterocycles. The highest BCUT2D eigenvalue weighted by Gasteiger charge is 2.47. The minimum absolute atomic E-state index is 0.0192. The van der Waals surface area contributed by atoms with Crippen molar-refractivity contribution in [3.63, 3.8) is 0 Å². The van der Waals surface area contributed by atoms with Gasteiger partial charge in [0.1, 0.15) is 6.61 Å². The third kappa shape index (κ3) is 1.25. The van der Waals surface area contributed by atoms with E-state index in [4.69, 9.17) is 4.74 Å². The molecular formula is C7H11F2NO. The number of ether oxygens (including phenoxy) is 1. The number of hydrogen-bond donors (Lipinski definition) is 1. The number of nitrogens with one attached hydrogen (secondary N) is 1. The second-order valence-corrected chi connectivity index (χ2v) is 3.43. The van der Waals surface area contributed by atoms with Gasteiger partial charge >= 0.3 is 0 Å². The zero-order valence-corrected chi connectivity index (χ0v) is 6.20. The van der Waals surface area contributed by atoms with Gasteiger partial charge in [0.15, 0.2) is 0 Å². The fraction of sp³-hybridized carbons (Fsp3) is 1.00. The Labute approximate surface area is 63.9 Å². The van der Waals surface area contributed by atoms with E-state index in [9.17, 15) is 8.78 Å². The third-order valence-electron chi connectivity index (χ3n) is 2.43. The van der Waals surface area contributed by atoms with Gasteiger partial charge in [-0.1, -0.05) is 0 Å². The molecule has 4 heteroatoms. The van der Waals surface area contributed by atoms with E-state index >= 15 is 0 Å². The molecule has 1 spiro atoms. The lowest BCUT2D eigenvalue weighted by molar-refractivity contribution is -0.202. The average Bonchev–Trinajstić information content (AvgIpc) is 1.84. The minimum Gasteiger partial charge on any atom is -0.366 e. The first-order valence-electron chi connectivity index (χ1n) is 3.85. The van der Waals surface area contributed by atoms with E-state index in [-0.39, 0.29) is 12.0 Å². The van der Waals surface area contributed by atoms with Crippen molar-refractivity contribution in [3.05, 3.63) is 0 Å². The Kier molecular flexibility index (Phi) is 1.44. The highest BCUT2D eigenvalue weighted by molar-refractivity contribution is 4.98. The number of hydrogen-bond acceptors (Lipinski definition) is 2. The van der Waals surface area contributed by atoms with Crippen molar-refractivity contribution in [1.29, 1.82) is 0 Å². The molecule has 0 unspecified atom stereocenters. The van der Waals surface area contributed by atoms with Crippen LogP contribution in [0.25, 0.3) is 0 Å². The Hall–Kier alpha value is -0.220. The molecule has 64 valence electrons. The first kappa shape index (κ1) is 7.43. The first-order valence-corrected chi connectivity index (χ1v) is 3.85. The maximum absolute atomic E-state index is 12.6. The predicted octanol–water partition coefficient (Wildman–Crippen LogP) is 0.774. The van der Waals surface area contributed by atoms with Crippen molar-refractivity contribution >= 4 is 0 Å². The molecular weight excluding hydrogens is 152 g/mol. The molecule has 2 saturated heterocycles. The summed E-state index contributed by atoms with van der Waals surface area (Å²) in [6.07, 6.45) is 0.474. The van der Waals surface area contributed by atoms with Crippen LogP contribution in [-0.4, -0.2) is 31.2 Å². The zero-order valence-electron chi connectivity index (χ0n) is 6.20. The summed E-state index contributed by atoms with van der Waals surface area (Å²) in [6, 6.07) is 0. The number of rotatable bonds is 0. The standard InChI is InChI=1S/C7H11F2NO/c8-7(9)2-1-6(11-5-7)3-10-4-6/h10H,1-5H2. The number of alkyl halides is 2. The molecule has 0 aromatic rings. The van der Waals surface area contributed by atoms with Crippen molar-refractivity contribution in [3.8, 4) is 0 Å². The highest BCUT2D eigenvalue weighted by Crippen LogP contribution is 2.35. The SMILES string of the molecule is FC1(F)CCC2(CNC2)OC1. The van der Waals surface area contributed by atoms with Gasteiger partial charge in [-0.15, -0.1) is 0 Å². The van der Waals surface area contributed by atoms with Crippen molar-refractivity contribution in [2.24, 2.45) is 0 Å². The van der Waals surface area contributed by atoms with Gasteiger partial charge < -0.3 is 10.1 Å². The van der Waals surface area contributed by atoms with Crippen molar-refractivity contribution in [2.75, 3.05) is 19.7 Å². The Morgan fingerprint density at radius 3 is 2.27 bits per heavy atom. The van der Waals surface area contributed by atoms with Gasteiger partial charge in [0, 0.05) is 19.5 Å². The molecule has 11 heavy (non-hydrogen) atoms. The lowest BCUT2D eigenvalue weighted by Crippen LogP contribution is -2.64. The van der Waals surface area contributed by atoms with Gasteiger partial charge in [0.05, 0.1) is 5.60 Å². The van der Waals surface area contributed by atoms with Crippen LogP contribution in [0, 0.1) is 0 Å². The van der Waals surface area contributed by atoms with Gasteiger partial charge in [-0.25, -0.2) is 8.78 Å². The smallest absolute Gasteiger partial charge is 0.271 e. The van der Waals surface area contributed by atoms with Gasteiger partial charge in [0.25, 0.3) is 5.92 Å². The topological polar surface area (TPSA) is 21.3 Å². The second-order valence-electron chi connectivity index (χ2n) is 3.43. The summed E-state index contributed by atoms with van der Waals surface area (Å²) in [5, 5.41) is 3.03. The van der Waals surface area contributed by atoms with Crippen molar-refractivity contribution < 1.29 is 13.5 Å². The van der Waals surface area contributed by atoms with Crippen LogP contribution in [0.2, 0.25) is 0 Å². The lowest BCUT2D eigenvalue weighted by Gasteiger charge is -2.46. The second kappa shape index (κ2) is 2.14. The molecule has 0 aliphatic carbocycles. The van der Waals surface area contributed by atoms with E-state index in [1.807, 2.05) is 0 Å². The molecule has 2 fully saturated rings. The van der Waals surface area contributed by atoms with Crippen LogP contribution in [0.15, 0.2) is 0 Å². The molecule has 0 atom stereocenters. The summed E-state index contributed by atoms with van der Waals surface area (Å²) < 4.78 is 30.2. The summed E-state index contributed by atoms with van der Waals surface area (Å²) in [7, 11) is 0. The first-order chi connectivity index (χ1) is 5.12. The van der Waals surface area contributed by atoms with E-state index in [1.54, 1.807) is 0 Å². The monoisotopic (exact) mass is 163 g/mol. The summed E-state index contributed by atoms with van der Waals surface area (Å²) in [5.41, 5.74) is -0.234. The van der Waals surface area contributed by atoms with Crippen LogP contribution in [0.5, 0.6) is 0 Å². The molecule has 0 radical (unpaired) electrons. The van der Waals surface area contributed by atoms with E-state index in [0.717, 1.165) is 13.1 Å². The Balaban J connectivity index is 1.94. The highest BCUT2D eigenvalue weighted by atomic mass is 19.3. The number of halogens is 2. The fourth-order valence-electron chi connectivity index (χ4n) is 1.50. The van der Waals surface area contributed by atoms with Crippen LogP contribution in [-0.2, 0) is 4.74 Å². The van der Waals surface area contributed by atoms with Gasteiger partial charge in [0.2, 0.25) is 0 Å². The van der Waals surface area contributed by atoms with Crippen LogP contribution in [0.3, 0.4) is 0 Å². The molecule has 0 saturated carbocycles. The summed E-state index contributed by atoms with van der Waals surface area (Å²) in [5.74, 6) is -2.58. The van der Waals surface area contributed by atoms with E-state index in [2.05, 4.69) is 5.32 Å². The van der Waals surface area contributed by atoms with Crippen LogP contribution in [0.1, 0.15) is 12.8 Å². The summed E-state index contributed by atoms with van der Waals surface area (Å²) in [4.78, 5) is 0.